The summed E-state index contributed by atoms with van der Waals surface area (Å²) in [6, 6.07) is 17.5. The minimum atomic E-state index is -0.191. The number of hydrogen-bond acceptors (Lipinski definition) is 1. The second kappa shape index (κ2) is 6.75. The fourth-order valence-electron chi connectivity index (χ4n) is 2.01. The average molecular weight is 268 g/mol. The van der Waals surface area contributed by atoms with Crippen molar-refractivity contribution in [1.29, 1.82) is 0 Å². The van der Waals surface area contributed by atoms with Crippen molar-refractivity contribution < 1.29 is 4.79 Å². The topological polar surface area (TPSA) is 41.1 Å². The molecule has 0 unspecified atom stereocenters. The van der Waals surface area contributed by atoms with E-state index < -0.39 is 0 Å². The number of urea groups is 1. The summed E-state index contributed by atoms with van der Waals surface area (Å²) in [6.45, 7) is 4.11. The molecule has 0 heterocycles. The molecule has 3 heteroatoms. The van der Waals surface area contributed by atoms with Crippen LogP contribution in [0.4, 0.5) is 10.5 Å². The highest BCUT2D eigenvalue weighted by Crippen LogP contribution is 2.14. The van der Waals surface area contributed by atoms with Gasteiger partial charge in [0.1, 0.15) is 0 Å². The van der Waals surface area contributed by atoms with Gasteiger partial charge in [0, 0.05) is 5.69 Å². The predicted molar refractivity (Wildman–Crippen MR) is 82.8 cm³/mol. The van der Waals surface area contributed by atoms with Crippen LogP contribution in [0.5, 0.6) is 0 Å². The molecule has 0 aliphatic carbocycles. The molecule has 20 heavy (non-hydrogen) atoms. The molecule has 0 bridgehead atoms. The summed E-state index contributed by atoms with van der Waals surface area (Å²) in [7, 11) is 0. The third kappa shape index (κ3) is 3.85. The predicted octanol–water partition coefficient (Wildman–Crippen LogP) is 4.13. The van der Waals surface area contributed by atoms with Crippen molar-refractivity contribution in [3.63, 3.8) is 0 Å². The highest BCUT2D eigenvalue weighted by atomic mass is 16.2. The Kier molecular flexibility index (Phi) is 4.77. The summed E-state index contributed by atoms with van der Waals surface area (Å²) < 4.78 is 0. The van der Waals surface area contributed by atoms with Gasteiger partial charge in [-0.1, -0.05) is 49.4 Å². The molecule has 0 saturated carbocycles. The fraction of sp³-hybridized carbons (Fsp3) is 0.235. The maximum atomic E-state index is 11.9. The summed E-state index contributed by atoms with van der Waals surface area (Å²) in [4.78, 5) is 11.9. The molecule has 0 aliphatic rings. The molecule has 2 rings (SSSR count). The van der Waals surface area contributed by atoms with Gasteiger partial charge in [-0.25, -0.2) is 4.79 Å². The van der Waals surface area contributed by atoms with E-state index in [4.69, 9.17) is 0 Å². The zero-order valence-electron chi connectivity index (χ0n) is 11.9. The van der Waals surface area contributed by atoms with E-state index in [1.807, 2.05) is 37.3 Å². The number of anilines is 1. The van der Waals surface area contributed by atoms with Crippen LogP contribution in [0.15, 0.2) is 54.6 Å². The summed E-state index contributed by atoms with van der Waals surface area (Å²) in [5.41, 5.74) is 3.19. The van der Waals surface area contributed by atoms with Crippen LogP contribution in [0.1, 0.15) is 31.0 Å². The van der Waals surface area contributed by atoms with Crippen LogP contribution in [0.3, 0.4) is 0 Å². The zero-order valence-corrected chi connectivity index (χ0v) is 11.9. The van der Waals surface area contributed by atoms with Gasteiger partial charge >= 0.3 is 6.03 Å². The van der Waals surface area contributed by atoms with Crippen LogP contribution in [-0.2, 0) is 6.42 Å². The molecule has 2 aromatic carbocycles. The van der Waals surface area contributed by atoms with Gasteiger partial charge < -0.3 is 10.6 Å². The number of amides is 2. The number of aryl methyl sites for hydroxylation is 1. The van der Waals surface area contributed by atoms with Crippen LogP contribution in [0.25, 0.3) is 0 Å². The molecule has 3 nitrogen and oxygen atoms in total. The van der Waals surface area contributed by atoms with Crippen molar-refractivity contribution in [3.05, 3.63) is 65.7 Å². The van der Waals surface area contributed by atoms with E-state index in [9.17, 15) is 4.79 Å². The summed E-state index contributed by atoms with van der Waals surface area (Å²) >= 11 is 0. The molecule has 0 aliphatic heterocycles. The van der Waals surface area contributed by atoms with Gasteiger partial charge in [0.2, 0.25) is 0 Å². The Bertz CT molecular complexity index is 549. The lowest BCUT2D eigenvalue weighted by Gasteiger charge is -2.15. The number of hydrogen-bond donors (Lipinski definition) is 2. The van der Waals surface area contributed by atoms with Crippen LogP contribution in [0, 0.1) is 0 Å². The quantitative estimate of drug-likeness (QED) is 0.860. The molecule has 2 amide bonds. The smallest absolute Gasteiger partial charge is 0.319 e. The van der Waals surface area contributed by atoms with Crippen LogP contribution < -0.4 is 10.6 Å². The first-order valence-corrected chi connectivity index (χ1v) is 6.90. The lowest BCUT2D eigenvalue weighted by molar-refractivity contribution is 0.249. The number of nitrogens with one attached hydrogen (secondary N) is 2. The largest absolute Gasteiger partial charge is 0.331 e. The van der Waals surface area contributed by atoms with E-state index in [-0.39, 0.29) is 12.1 Å². The standard InChI is InChI=1S/C17H20N2O/c1-3-14-9-11-15(12-10-14)13(2)18-17(20)19-16-7-5-4-6-8-16/h4-13H,3H2,1-2H3,(H2,18,19,20)/t13-/m0/s1. The van der Waals surface area contributed by atoms with Gasteiger partial charge in [-0.2, -0.15) is 0 Å². The third-order valence-corrected chi connectivity index (χ3v) is 3.27. The Balaban J connectivity index is 1.93. The van der Waals surface area contributed by atoms with E-state index >= 15 is 0 Å². The Hall–Kier alpha value is -2.29. The van der Waals surface area contributed by atoms with Crippen LogP contribution >= 0.6 is 0 Å². The monoisotopic (exact) mass is 268 g/mol. The average Bonchev–Trinajstić information content (AvgIpc) is 2.48. The Morgan fingerprint density at radius 2 is 1.70 bits per heavy atom. The molecular weight excluding hydrogens is 248 g/mol. The first-order chi connectivity index (χ1) is 9.69. The zero-order chi connectivity index (χ0) is 14.4. The number of carbonyl (C=O) groups is 1. The Labute approximate surface area is 120 Å². The van der Waals surface area contributed by atoms with Crippen molar-refractivity contribution in [3.8, 4) is 0 Å². The van der Waals surface area contributed by atoms with Gasteiger partial charge in [0.05, 0.1) is 6.04 Å². The number of para-hydroxylation sites is 1. The number of rotatable bonds is 4. The van der Waals surface area contributed by atoms with Crippen LogP contribution in [-0.4, -0.2) is 6.03 Å². The third-order valence-electron chi connectivity index (χ3n) is 3.27. The van der Waals surface area contributed by atoms with E-state index in [2.05, 4.69) is 41.8 Å². The maximum absolute atomic E-state index is 11.9. The van der Waals surface area contributed by atoms with Crippen molar-refractivity contribution >= 4 is 11.7 Å². The second-order valence-electron chi connectivity index (χ2n) is 4.78. The molecule has 0 aromatic heterocycles. The number of carbonyl (C=O) groups excluding carboxylic acids is 1. The Morgan fingerprint density at radius 1 is 1.05 bits per heavy atom. The van der Waals surface area contributed by atoms with Crippen molar-refractivity contribution in [2.45, 2.75) is 26.3 Å². The molecule has 0 fully saturated rings. The van der Waals surface area contributed by atoms with Gasteiger partial charge in [0.15, 0.2) is 0 Å². The van der Waals surface area contributed by atoms with Crippen molar-refractivity contribution in [2.24, 2.45) is 0 Å². The Morgan fingerprint density at radius 3 is 2.30 bits per heavy atom. The minimum absolute atomic E-state index is 0.0235. The molecule has 0 saturated heterocycles. The molecule has 2 N–H and O–H groups in total. The SMILES string of the molecule is CCc1ccc([C@H](C)NC(=O)Nc2ccccc2)cc1. The first kappa shape index (κ1) is 14.1. The molecule has 1 atom stereocenters. The van der Waals surface area contributed by atoms with Gasteiger partial charge in [-0.05, 0) is 36.6 Å². The molecule has 2 aromatic rings. The lowest BCUT2D eigenvalue weighted by Crippen LogP contribution is -2.31. The summed E-state index contributed by atoms with van der Waals surface area (Å²) in [5, 5.41) is 5.75. The minimum Gasteiger partial charge on any atom is -0.331 e. The molecule has 0 spiro atoms. The molecule has 104 valence electrons. The highest BCUT2D eigenvalue weighted by Gasteiger charge is 2.09. The molecular formula is C17H20N2O. The maximum Gasteiger partial charge on any atom is 0.319 e. The van der Waals surface area contributed by atoms with Crippen molar-refractivity contribution in [1.82, 2.24) is 5.32 Å². The van der Waals surface area contributed by atoms with Gasteiger partial charge in [-0.15, -0.1) is 0 Å². The van der Waals surface area contributed by atoms with Crippen LogP contribution in [0.2, 0.25) is 0 Å². The lowest BCUT2D eigenvalue weighted by atomic mass is 10.1. The van der Waals surface area contributed by atoms with Gasteiger partial charge in [0.25, 0.3) is 0 Å². The number of benzene rings is 2. The highest BCUT2D eigenvalue weighted by molar-refractivity contribution is 5.89. The summed E-state index contributed by atoms with van der Waals surface area (Å²) in [6.07, 6.45) is 1.02. The first-order valence-electron chi connectivity index (χ1n) is 6.90. The van der Waals surface area contributed by atoms with E-state index in [1.165, 1.54) is 5.56 Å². The van der Waals surface area contributed by atoms with E-state index in [1.54, 1.807) is 0 Å². The fourth-order valence-corrected chi connectivity index (χ4v) is 2.01. The van der Waals surface area contributed by atoms with E-state index in [0.29, 0.717) is 0 Å². The van der Waals surface area contributed by atoms with E-state index in [0.717, 1.165) is 17.7 Å². The molecule has 0 radical (unpaired) electrons. The van der Waals surface area contributed by atoms with Gasteiger partial charge in [-0.3, -0.25) is 0 Å². The van der Waals surface area contributed by atoms with Crippen molar-refractivity contribution in [2.75, 3.05) is 5.32 Å². The second-order valence-corrected chi connectivity index (χ2v) is 4.78. The summed E-state index contributed by atoms with van der Waals surface area (Å²) in [5.74, 6) is 0. The normalized spacial score (nSPS) is 11.7.